The highest BCUT2D eigenvalue weighted by Crippen LogP contribution is 2.39. The molecular weight excluding hydrogens is 410 g/mol. The van der Waals surface area contributed by atoms with E-state index in [2.05, 4.69) is 15.5 Å². The number of anilines is 1. The minimum atomic E-state index is -0.501. The SMILES string of the molecule is Cn1c(SCC(=O)Nc2sc3c(c2C(N)=O)CCC3)nnc1-c1ccc(O)cc1. The lowest BCUT2D eigenvalue weighted by molar-refractivity contribution is -0.113. The minimum Gasteiger partial charge on any atom is -0.508 e. The molecule has 0 saturated heterocycles. The van der Waals surface area contributed by atoms with Crippen molar-refractivity contribution in [2.24, 2.45) is 12.8 Å². The molecule has 150 valence electrons. The number of hydrogen-bond donors (Lipinski definition) is 3. The Hall–Kier alpha value is -2.85. The van der Waals surface area contributed by atoms with Crippen LogP contribution in [0.15, 0.2) is 29.4 Å². The van der Waals surface area contributed by atoms with Crippen molar-refractivity contribution in [1.82, 2.24) is 14.8 Å². The van der Waals surface area contributed by atoms with Crippen molar-refractivity contribution in [1.29, 1.82) is 0 Å². The van der Waals surface area contributed by atoms with Crippen LogP contribution in [-0.4, -0.2) is 37.4 Å². The predicted molar refractivity (Wildman–Crippen MR) is 112 cm³/mol. The molecule has 2 heterocycles. The molecule has 0 atom stereocenters. The lowest BCUT2D eigenvalue weighted by atomic mass is 10.1. The molecule has 0 bridgehead atoms. The molecule has 4 rings (SSSR count). The molecule has 8 nitrogen and oxygen atoms in total. The summed E-state index contributed by atoms with van der Waals surface area (Å²) in [6.45, 7) is 0. The maximum Gasteiger partial charge on any atom is 0.251 e. The molecule has 3 aromatic rings. The first kappa shape index (κ1) is 19.5. The van der Waals surface area contributed by atoms with Gasteiger partial charge in [0.25, 0.3) is 5.91 Å². The van der Waals surface area contributed by atoms with E-state index in [9.17, 15) is 14.7 Å². The number of thioether (sulfide) groups is 1. The zero-order valence-electron chi connectivity index (χ0n) is 15.6. The van der Waals surface area contributed by atoms with Crippen molar-refractivity contribution in [2.75, 3.05) is 11.1 Å². The number of hydrogen-bond acceptors (Lipinski definition) is 7. The number of benzene rings is 1. The number of aryl methyl sites for hydroxylation is 1. The number of thiophene rings is 1. The highest BCUT2D eigenvalue weighted by molar-refractivity contribution is 7.99. The number of aromatic nitrogens is 3. The summed E-state index contributed by atoms with van der Waals surface area (Å²) in [5, 5.41) is 21.7. The number of amides is 2. The molecule has 2 amide bonds. The number of nitrogens with zero attached hydrogens (tertiary/aromatic N) is 3. The van der Waals surface area contributed by atoms with Crippen LogP contribution in [0.1, 0.15) is 27.2 Å². The summed E-state index contributed by atoms with van der Waals surface area (Å²) in [6, 6.07) is 6.67. The number of aromatic hydroxyl groups is 1. The zero-order chi connectivity index (χ0) is 20.5. The Kier molecular flexibility index (Phi) is 5.29. The summed E-state index contributed by atoms with van der Waals surface area (Å²) >= 11 is 2.69. The van der Waals surface area contributed by atoms with E-state index >= 15 is 0 Å². The van der Waals surface area contributed by atoms with Crippen molar-refractivity contribution < 1.29 is 14.7 Å². The summed E-state index contributed by atoms with van der Waals surface area (Å²) in [6.07, 6.45) is 2.76. The van der Waals surface area contributed by atoms with E-state index in [1.54, 1.807) is 28.8 Å². The third kappa shape index (κ3) is 3.85. The van der Waals surface area contributed by atoms with Gasteiger partial charge in [0.2, 0.25) is 5.91 Å². The Morgan fingerprint density at radius 3 is 2.76 bits per heavy atom. The normalized spacial score (nSPS) is 12.7. The fourth-order valence-corrected chi connectivity index (χ4v) is 5.37. The van der Waals surface area contributed by atoms with Crippen LogP contribution < -0.4 is 11.1 Å². The van der Waals surface area contributed by atoms with Gasteiger partial charge in [-0.2, -0.15) is 0 Å². The first-order valence-electron chi connectivity index (χ1n) is 9.00. The van der Waals surface area contributed by atoms with Gasteiger partial charge in [0.1, 0.15) is 10.8 Å². The van der Waals surface area contributed by atoms with Gasteiger partial charge in [0, 0.05) is 17.5 Å². The smallest absolute Gasteiger partial charge is 0.251 e. The van der Waals surface area contributed by atoms with Crippen molar-refractivity contribution in [3.63, 3.8) is 0 Å². The van der Waals surface area contributed by atoms with Gasteiger partial charge < -0.3 is 20.7 Å². The lowest BCUT2D eigenvalue weighted by Gasteiger charge is -2.06. The summed E-state index contributed by atoms with van der Waals surface area (Å²) < 4.78 is 1.79. The largest absolute Gasteiger partial charge is 0.508 e. The van der Waals surface area contributed by atoms with Crippen molar-refractivity contribution >= 4 is 39.9 Å². The van der Waals surface area contributed by atoms with Crippen molar-refractivity contribution in [3.8, 4) is 17.1 Å². The van der Waals surface area contributed by atoms with Gasteiger partial charge in [0.05, 0.1) is 11.3 Å². The van der Waals surface area contributed by atoms with Crippen LogP contribution in [0.3, 0.4) is 0 Å². The third-order valence-electron chi connectivity index (χ3n) is 4.71. The summed E-state index contributed by atoms with van der Waals surface area (Å²) in [5.74, 6) is 0.212. The van der Waals surface area contributed by atoms with Crippen LogP contribution in [-0.2, 0) is 24.7 Å². The van der Waals surface area contributed by atoms with Gasteiger partial charge in [-0.15, -0.1) is 21.5 Å². The van der Waals surface area contributed by atoms with Crippen LogP contribution in [0.4, 0.5) is 5.00 Å². The quantitative estimate of drug-likeness (QED) is 0.518. The molecular formula is C19H19N5O3S2. The maximum absolute atomic E-state index is 12.5. The van der Waals surface area contributed by atoms with Crippen LogP contribution in [0.2, 0.25) is 0 Å². The van der Waals surface area contributed by atoms with Crippen LogP contribution in [0, 0.1) is 0 Å². The standard InChI is InChI=1S/C19H19N5O3S2/c1-24-17(10-5-7-11(25)8-6-10)22-23-19(24)28-9-14(26)21-18-15(16(20)27)12-3-2-4-13(12)29-18/h5-8,25H,2-4,9H2,1H3,(H2,20,27)(H,21,26). The van der Waals surface area contributed by atoms with E-state index in [4.69, 9.17) is 5.73 Å². The number of rotatable bonds is 6. The first-order valence-corrected chi connectivity index (χ1v) is 10.8. The molecule has 2 aromatic heterocycles. The number of nitrogens with one attached hydrogen (secondary N) is 1. The number of nitrogens with two attached hydrogens (primary N) is 1. The third-order valence-corrected chi connectivity index (χ3v) is 6.94. The molecule has 29 heavy (non-hydrogen) atoms. The van der Waals surface area contributed by atoms with Crippen LogP contribution in [0.25, 0.3) is 11.4 Å². The molecule has 0 spiro atoms. The Balaban J connectivity index is 1.43. The van der Waals surface area contributed by atoms with Gasteiger partial charge in [-0.3, -0.25) is 9.59 Å². The number of carbonyl (C=O) groups is 2. The predicted octanol–water partition coefficient (Wildman–Crippen LogP) is 2.57. The van der Waals surface area contributed by atoms with E-state index in [0.29, 0.717) is 21.5 Å². The number of primary amides is 1. The second-order valence-corrected chi connectivity index (χ2v) is 8.72. The second-order valence-electron chi connectivity index (χ2n) is 6.67. The number of fused-ring (bicyclic) bond motifs is 1. The van der Waals surface area contributed by atoms with Crippen molar-refractivity contribution in [3.05, 3.63) is 40.3 Å². The summed E-state index contributed by atoms with van der Waals surface area (Å²) in [4.78, 5) is 25.4. The summed E-state index contributed by atoms with van der Waals surface area (Å²) in [7, 11) is 1.82. The monoisotopic (exact) mass is 429 g/mol. The number of carbonyl (C=O) groups excluding carboxylic acids is 2. The van der Waals surface area contributed by atoms with Gasteiger partial charge in [0.15, 0.2) is 11.0 Å². The van der Waals surface area contributed by atoms with E-state index in [0.717, 1.165) is 35.3 Å². The van der Waals surface area contributed by atoms with Crippen LogP contribution >= 0.6 is 23.1 Å². The first-order chi connectivity index (χ1) is 13.9. The fourth-order valence-electron chi connectivity index (χ4n) is 3.35. The maximum atomic E-state index is 12.5. The molecule has 1 aliphatic rings. The highest BCUT2D eigenvalue weighted by Gasteiger charge is 2.26. The van der Waals surface area contributed by atoms with E-state index < -0.39 is 5.91 Å². The molecule has 0 saturated carbocycles. The highest BCUT2D eigenvalue weighted by atomic mass is 32.2. The van der Waals surface area contributed by atoms with Gasteiger partial charge in [-0.25, -0.2) is 0 Å². The van der Waals surface area contributed by atoms with Gasteiger partial charge >= 0.3 is 0 Å². The number of phenolic OH excluding ortho intramolecular Hbond substituents is 1. The zero-order valence-corrected chi connectivity index (χ0v) is 17.3. The lowest BCUT2D eigenvalue weighted by Crippen LogP contribution is -2.19. The van der Waals surface area contributed by atoms with Crippen molar-refractivity contribution in [2.45, 2.75) is 24.4 Å². The Labute approximate surface area is 175 Å². The van der Waals surface area contributed by atoms with E-state index in [1.165, 1.54) is 23.1 Å². The van der Waals surface area contributed by atoms with Gasteiger partial charge in [-0.1, -0.05) is 11.8 Å². The molecule has 0 fully saturated rings. The molecule has 0 aliphatic heterocycles. The molecule has 4 N–H and O–H groups in total. The van der Waals surface area contributed by atoms with Gasteiger partial charge in [-0.05, 0) is 49.1 Å². The average Bonchev–Trinajstić information content (AvgIpc) is 3.35. The second kappa shape index (κ2) is 7.88. The molecule has 1 aliphatic carbocycles. The Bertz CT molecular complexity index is 1090. The molecule has 10 heteroatoms. The molecule has 0 radical (unpaired) electrons. The van der Waals surface area contributed by atoms with E-state index in [1.807, 2.05) is 7.05 Å². The van der Waals surface area contributed by atoms with E-state index in [-0.39, 0.29) is 17.4 Å². The topological polar surface area (TPSA) is 123 Å². The Morgan fingerprint density at radius 2 is 2.03 bits per heavy atom. The average molecular weight is 430 g/mol. The molecule has 0 unspecified atom stereocenters. The number of phenols is 1. The molecule has 1 aromatic carbocycles. The Morgan fingerprint density at radius 1 is 1.28 bits per heavy atom. The summed E-state index contributed by atoms with van der Waals surface area (Å²) in [5.41, 5.74) is 7.78. The fraction of sp³-hybridized carbons (Fsp3) is 0.263. The minimum absolute atomic E-state index is 0.127. The van der Waals surface area contributed by atoms with Crippen LogP contribution in [0.5, 0.6) is 5.75 Å².